The van der Waals surface area contributed by atoms with Crippen molar-refractivity contribution in [1.29, 1.82) is 0 Å². The van der Waals surface area contributed by atoms with Crippen LogP contribution in [0.15, 0.2) is 4.99 Å². The Morgan fingerprint density at radius 1 is 1.47 bits per heavy atom. The van der Waals surface area contributed by atoms with Gasteiger partial charge in [-0.05, 0) is 25.7 Å². The maximum atomic E-state index is 11.2. The van der Waals surface area contributed by atoms with Crippen LogP contribution in [-0.4, -0.2) is 39.0 Å². The molecule has 0 spiro atoms. The highest BCUT2D eigenvalue weighted by molar-refractivity contribution is 14.0. The van der Waals surface area contributed by atoms with E-state index in [2.05, 4.69) is 10.3 Å². The molecule has 0 aromatic rings. The molecule has 0 aromatic carbocycles. The zero-order valence-corrected chi connectivity index (χ0v) is 13.1. The van der Waals surface area contributed by atoms with E-state index >= 15 is 0 Å². The van der Waals surface area contributed by atoms with Gasteiger partial charge in [0.25, 0.3) is 0 Å². The molecule has 2 saturated carbocycles. The molecule has 3 N–H and O–H groups in total. The maximum absolute atomic E-state index is 11.2. The molecule has 7 heteroatoms. The third kappa shape index (κ3) is 5.41. The Labute approximate surface area is 120 Å². The van der Waals surface area contributed by atoms with Crippen molar-refractivity contribution < 1.29 is 8.42 Å². The maximum Gasteiger partial charge on any atom is 0.188 e. The van der Waals surface area contributed by atoms with E-state index in [1.54, 1.807) is 0 Å². The number of nitrogens with one attached hydrogen (secondary N) is 1. The zero-order valence-electron chi connectivity index (χ0n) is 9.98. The average molecular weight is 373 g/mol. The molecule has 2 fully saturated rings. The molecular weight excluding hydrogens is 353 g/mol. The third-order valence-corrected chi connectivity index (χ3v) is 4.18. The normalized spacial score (nSPS) is 22.8. The van der Waals surface area contributed by atoms with Gasteiger partial charge in [-0.2, -0.15) is 0 Å². The highest BCUT2D eigenvalue weighted by atomic mass is 127. The Morgan fingerprint density at radius 2 is 2.06 bits per heavy atom. The molecule has 2 aliphatic rings. The van der Waals surface area contributed by atoms with E-state index in [1.807, 2.05) is 0 Å². The first-order valence-electron chi connectivity index (χ1n) is 5.63. The number of aliphatic imine (C=N–C) groups is 1. The van der Waals surface area contributed by atoms with Crippen molar-refractivity contribution in [2.45, 2.75) is 31.7 Å². The van der Waals surface area contributed by atoms with Gasteiger partial charge in [0, 0.05) is 24.3 Å². The second-order valence-electron chi connectivity index (χ2n) is 5.19. The van der Waals surface area contributed by atoms with Crippen molar-refractivity contribution in [3.05, 3.63) is 0 Å². The number of sulfone groups is 1. The lowest BCUT2D eigenvalue weighted by Gasteiger charge is -2.11. The summed E-state index contributed by atoms with van der Waals surface area (Å²) in [4.78, 5) is 4.24. The van der Waals surface area contributed by atoms with Gasteiger partial charge < -0.3 is 11.1 Å². The van der Waals surface area contributed by atoms with E-state index in [1.165, 1.54) is 6.26 Å². The smallest absolute Gasteiger partial charge is 0.188 e. The van der Waals surface area contributed by atoms with Gasteiger partial charge in [0.05, 0.1) is 5.75 Å². The Morgan fingerprint density at radius 3 is 2.47 bits per heavy atom. The minimum Gasteiger partial charge on any atom is -0.370 e. The summed E-state index contributed by atoms with van der Waals surface area (Å²) in [6.45, 7) is 0.533. The molecule has 0 heterocycles. The summed E-state index contributed by atoms with van der Waals surface area (Å²) in [5, 5.41) is 3.10. The van der Waals surface area contributed by atoms with Crippen molar-refractivity contribution in [2.75, 3.05) is 18.6 Å². The minimum absolute atomic E-state index is 0. The van der Waals surface area contributed by atoms with Crippen molar-refractivity contribution in [2.24, 2.45) is 16.1 Å². The number of guanidine groups is 1. The van der Waals surface area contributed by atoms with E-state index in [4.69, 9.17) is 5.73 Å². The standard InChI is InChI=1S/C10H19N3O2S.HI/c1-16(14,15)7-10(4-5-10)6-12-9(11)13-8-2-3-8;/h8H,2-7H2,1H3,(H3,11,12,13);1H. The Bertz CT molecular complexity index is 400. The number of halogens is 1. The fourth-order valence-electron chi connectivity index (χ4n) is 1.82. The number of nitrogens with two attached hydrogens (primary N) is 1. The SMILES string of the molecule is CS(=O)(=O)CC1(CN=C(N)NC2CC2)CC1.I. The molecule has 5 nitrogen and oxygen atoms in total. The number of rotatable bonds is 5. The van der Waals surface area contributed by atoms with Crippen LogP contribution in [0, 0.1) is 5.41 Å². The van der Waals surface area contributed by atoms with Gasteiger partial charge in [-0.25, -0.2) is 8.42 Å². The molecule has 0 amide bonds. The molecule has 0 unspecified atom stereocenters. The summed E-state index contributed by atoms with van der Waals surface area (Å²) in [5.74, 6) is 0.697. The van der Waals surface area contributed by atoms with Crippen molar-refractivity contribution in [1.82, 2.24) is 5.32 Å². The molecule has 2 aliphatic carbocycles. The summed E-state index contributed by atoms with van der Waals surface area (Å²) >= 11 is 0. The highest BCUT2D eigenvalue weighted by Gasteiger charge is 2.45. The van der Waals surface area contributed by atoms with Gasteiger partial charge >= 0.3 is 0 Å². The minimum atomic E-state index is -2.91. The molecule has 0 atom stereocenters. The monoisotopic (exact) mass is 373 g/mol. The van der Waals surface area contributed by atoms with Gasteiger partial charge in [-0.3, -0.25) is 4.99 Å². The molecular formula is C10H20IN3O2S. The van der Waals surface area contributed by atoms with Gasteiger partial charge in [0.1, 0.15) is 9.84 Å². The summed E-state index contributed by atoms with van der Waals surface area (Å²) in [6.07, 6.45) is 5.48. The summed E-state index contributed by atoms with van der Waals surface area (Å²) in [5.41, 5.74) is 5.58. The quantitative estimate of drug-likeness (QED) is 0.418. The Hall–Kier alpha value is -0.0500. The number of hydrogen-bond donors (Lipinski definition) is 2. The van der Waals surface area contributed by atoms with E-state index in [-0.39, 0.29) is 35.1 Å². The first kappa shape index (κ1) is 15.0. The third-order valence-electron chi connectivity index (χ3n) is 3.04. The second kappa shape index (κ2) is 5.29. The summed E-state index contributed by atoms with van der Waals surface area (Å²) in [6, 6.07) is 0.494. The molecule has 0 aliphatic heterocycles. The Kier molecular flexibility index (Phi) is 4.67. The molecule has 0 radical (unpaired) electrons. The van der Waals surface area contributed by atoms with Crippen LogP contribution < -0.4 is 11.1 Å². The van der Waals surface area contributed by atoms with Gasteiger partial charge in [-0.15, -0.1) is 24.0 Å². The van der Waals surface area contributed by atoms with Gasteiger partial charge in [0.15, 0.2) is 5.96 Å². The lowest BCUT2D eigenvalue weighted by atomic mass is 10.1. The van der Waals surface area contributed by atoms with E-state index < -0.39 is 9.84 Å². The van der Waals surface area contributed by atoms with Gasteiger partial charge in [-0.1, -0.05) is 0 Å². The van der Waals surface area contributed by atoms with Crippen LogP contribution in [0.1, 0.15) is 25.7 Å². The van der Waals surface area contributed by atoms with Crippen molar-refractivity contribution in [3.8, 4) is 0 Å². The fraction of sp³-hybridized carbons (Fsp3) is 0.900. The molecule has 0 saturated heterocycles. The molecule has 17 heavy (non-hydrogen) atoms. The molecule has 100 valence electrons. The first-order chi connectivity index (χ1) is 7.39. The van der Waals surface area contributed by atoms with E-state index in [0.717, 1.165) is 25.7 Å². The largest absolute Gasteiger partial charge is 0.370 e. The molecule has 2 rings (SSSR count). The van der Waals surface area contributed by atoms with Crippen LogP contribution in [0.2, 0.25) is 0 Å². The predicted molar refractivity (Wildman–Crippen MR) is 79.4 cm³/mol. The predicted octanol–water partition coefficient (Wildman–Crippen LogP) is 0.496. The van der Waals surface area contributed by atoms with E-state index in [9.17, 15) is 8.42 Å². The van der Waals surface area contributed by atoms with Crippen LogP contribution in [0.5, 0.6) is 0 Å². The van der Waals surface area contributed by atoms with Crippen LogP contribution in [0.25, 0.3) is 0 Å². The van der Waals surface area contributed by atoms with Crippen LogP contribution in [0.3, 0.4) is 0 Å². The van der Waals surface area contributed by atoms with Gasteiger partial charge in [0.2, 0.25) is 0 Å². The average Bonchev–Trinajstić information content (AvgIpc) is 2.98. The number of nitrogens with zero attached hydrogens (tertiary/aromatic N) is 1. The summed E-state index contributed by atoms with van der Waals surface area (Å²) in [7, 11) is -2.91. The second-order valence-corrected chi connectivity index (χ2v) is 7.33. The summed E-state index contributed by atoms with van der Waals surface area (Å²) < 4.78 is 22.4. The van der Waals surface area contributed by atoms with Crippen LogP contribution >= 0.6 is 24.0 Å². The number of hydrogen-bond acceptors (Lipinski definition) is 3. The highest BCUT2D eigenvalue weighted by Crippen LogP contribution is 2.46. The van der Waals surface area contributed by atoms with Crippen LogP contribution in [-0.2, 0) is 9.84 Å². The zero-order chi connectivity index (χ0) is 11.8. The van der Waals surface area contributed by atoms with E-state index in [0.29, 0.717) is 18.5 Å². The lowest BCUT2D eigenvalue weighted by Crippen LogP contribution is -2.34. The topological polar surface area (TPSA) is 84.5 Å². The molecule has 0 bridgehead atoms. The van der Waals surface area contributed by atoms with Crippen LogP contribution in [0.4, 0.5) is 0 Å². The Balaban J connectivity index is 0.00000144. The first-order valence-corrected chi connectivity index (χ1v) is 7.69. The molecule has 0 aromatic heterocycles. The lowest BCUT2D eigenvalue weighted by molar-refractivity contribution is 0.551. The van der Waals surface area contributed by atoms with Crippen molar-refractivity contribution >= 4 is 39.8 Å². The van der Waals surface area contributed by atoms with Crippen molar-refractivity contribution in [3.63, 3.8) is 0 Å². The fourth-order valence-corrected chi connectivity index (χ4v) is 3.31.